The maximum absolute atomic E-state index is 12.2. The Morgan fingerprint density at radius 3 is 2.30 bits per heavy atom. The summed E-state index contributed by atoms with van der Waals surface area (Å²) in [5, 5.41) is 14.6. The molecule has 33 heavy (non-hydrogen) atoms. The van der Waals surface area contributed by atoms with Crippen molar-refractivity contribution in [2.24, 2.45) is 5.10 Å². The van der Waals surface area contributed by atoms with E-state index in [9.17, 15) is 19.7 Å². The van der Waals surface area contributed by atoms with E-state index in [1.165, 1.54) is 37.4 Å². The first-order valence-electron chi connectivity index (χ1n) is 9.64. The van der Waals surface area contributed by atoms with Crippen LogP contribution >= 0.6 is 15.9 Å². The van der Waals surface area contributed by atoms with Crippen LogP contribution in [0.3, 0.4) is 0 Å². The van der Waals surface area contributed by atoms with Gasteiger partial charge in [0.15, 0.2) is 6.10 Å². The van der Waals surface area contributed by atoms with Gasteiger partial charge in [-0.1, -0.05) is 12.1 Å². The highest BCUT2D eigenvalue weighted by atomic mass is 79.9. The maximum atomic E-state index is 12.2. The van der Waals surface area contributed by atoms with Crippen molar-refractivity contribution in [2.75, 3.05) is 0 Å². The molecule has 1 atom stereocenters. The Bertz CT molecular complexity index is 1180. The van der Waals surface area contributed by atoms with E-state index < -0.39 is 22.9 Å². The third-order valence-corrected chi connectivity index (χ3v) is 4.99. The SMILES string of the molecule is CC(Oc1ccc([N+](=O)[O-])cc1)C(=O)N/N=C/c1ccc(OC(=O)c2ccccc2Br)cc1. The average molecular weight is 512 g/mol. The fourth-order valence-corrected chi connectivity index (χ4v) is 3.02. The van der Waals surface area contributed by atoms with Gasteiger partial charge in [0.1, 0.15) is 11.5 Å². The Hall–Kier alpha value is -4.05. The predicted octanol–water partition coefficient (Wildman–Crippen LogP) is 4.49. The van der Waals surface area contributed by atoms with Gasteiger partial charge in [0.2, 0.25) is 0 Å². The number of ether oxygens (including phenoxy) is 2. The topological polar surface area (TPSA) is 120 Å². The number of hydrogen-bond acceptors (Lipinski definition) is 7. The molecule has 3 rings (SSSR count). The Morgan fingerprint density at radius 2 is 1.67 bits per heavy atom. The number of nitro benzene ring substituents is 1. The number of halogens is 1. The van der Waals surface area contributed by atoms with E-state index in [4.69, 9.17) is 9.47 Å². The number of esters is 1. The molecule has 0 radical (unpaired) electrons. The lowest BCUT2D eigenvalue weighted by Gasteiger charge is -2.12. The molecule has 0 spiro atoms. The van der Waals surface area contributed by atoms with Crippen molar-refractivity contribution in [1.82, 2.24) is 5.43 Å². The third-order valence-electron chi connectivity index (χ3n) is 4.30. The first-order valence-corrected chi connectivity index (χ1v) is 10.4. The van der Waals surface area contributed by atoms with Crippen molar-refractivity contribution in [3.05, 3.63) is 98.5 Å². The number of nitrogens with zero attached hydrogens (tertiary/aromatic N) is 2. The summed E-state index contributed by atoms with van der Waals surface area (Å²) in [5.41, 5.74) is 3.37. The molecule has 0 aliphatic heterocycles. The number of hydrogen-bond donors (Lipinski definition) is 1. The van der Waals surface area contributed by atoms with E-state index >= 15 is 0 Å². The van der Waals surface area contributed by atoms with Gasteiger partial charge in [-0.2, -0.15) is 5.10 Å². The minimum Gasteiger partial charge on any atom is -0.481 e. The van der Waals surface area contributed by atoms with Crippen LogP contribution in [-0.2, 0) is 4.79 Å². The largest absolute Gasteiger partial charge is 0.481 e. The van der Waals surface area contributed by atoms with Gasteiger partial charge in [-0.15, -0.1) is 0 Å². The van der Waals surface area contributed by atoms with E-state index in [-0.39, 0.29) is 5.69 Å². The summed E-state index contributed by atoms with van der Waals surface area (Å²) < 4.78 is 11.4. The molecule has 9 nitrogen and oxygen atoms in total. The van der Waals surface area contributed by atoms with Crippen molar-refractivity contribution in [3.63, 3.8) is 0 Å². The zero-order valence-corrected chi connectivity index (χ0v) is 18.9. The van der Waals surface area contributed by atoms with Crippen molar-refractivity contribution in [1.29, 1.82) is 0 Å². The molecule has 1 unspecified atom stereocenters. The number of carbonyl (C=O) groups is 2. The zero-order valence-electron chi connectivity index (χ0n) is 17.3. The quantitative estimate of drug-likeness (QED) is 0.156. The lowest BCUT2D eigenvalue weighted by atomic mass is 10.2. The fourth-order valence-electron chi connectivity index (χ4n) is 2.58. The van der Waals surface area contributed by atoms with Crippen LogP contribution in [0.2, 0.25) is 0 Å². The number of nitro groups is 1. The van der Waals surface area contributed by atoms with E-state index in [0.29, 0.717) is 27.1 Å². The van der Waals surface area contributed by atoms with Gasteiger partial charge in [0, 0.05) is 16.6 Å². The van der Waals surface area contributed by atoms with Crippen LogP contribution in [0.15, 0.2) is 82.4 Å². The second kappa shape index (κ2) is 11.0. The first-order chi connectivity index (χ1) is 15.8. The highest BCUT2D eigenvalue weighted by Crippen LogP contribution is 2.20. The lowest BCUT2D eigenvalue weighted by molar-refractivity contribution is -0.384. The van der Waals surface area contributed by atoms with Gasteiger partial charge in [-0.25, -0.2) is 10.2 Å². The molecule has 3 aromatic carbocycles. The average Bonchev–Trinajstić information content (AvgIpc) is 2.80. The van der Waals surface area contributed by atoms with E-state index in [2.05, 4.69) is 26.5 Å². The summed E-state index contributed by atoms with van der Waals surface area (Å²) in [7, 11) is 0. The second-order valence-electron chi connectivity index (χ2n) is 6.68. The highest BCUT2D eigenvalue weighted by molar-refractivity contribution is 9.10. The van der Waals surface area contributed by atoms with Crippen LogP contribution in [0.25, 0.3) is 0 Å². The minimum absolute atomic E-state index is 0.0715. The van der Waals surface area contributed by atoms with Gasteiger partial charge < -0.3 is 9.47 Å². The van der Waals surface area contributed by atoms with Crippen molar-refractivity contribution in [3.8, 4) is 11.5 Å². The zero-order chi connectivity index (χ0) is 23.8. The molecule has 3 aromatic rings. The number of benzene rings is 3. The Labute approximate surface area is 197 Å². The van der Waals surface area contributed by atoms with Crippen LogP contribution in [0, 0.1) is 10.1 Å². The van der Waals surface area contributed by atoms with Gasteiger partial charge in [0.05, 0.1) is 16.7 Å². The maximum Gasteiger partial charge on any atom is 0.344 e. The number of non-ortho nitro benzene ring substituents is 1. The Kier molecular flexibility index (Phi) is 7.87. The standard InChI is InChI=1S/C23H18BrN3O6/c1-15(32-18-12-8-17(9-13-18)27(30)31)22(28)26-25-14-16-6-10-19(11-7-16)33-23(29)20-4-2-3-5-21(20)24/h2-15H,1H3,(H,26,28)/b25-14+. The van der Waals surface area contributed by atoms with Crippen molar-refractivity contribution >= 4 is 39.7 Å². The molecule has 10 heteroatoms. The normalized spacial score (nSPS) is 11.6. The fraction of sp³-hybridized carbons (Fsp3) is 0.0870. The molecule has 0 bridgehead atoms. The van der Waals surface area contributed by atoms with Gasteiger partial charge in [-0.3, -0.25) is 14.9 Å². The number of hydrazone groups is 1. The summed E-state index contributed by atoms with van der Waals surface area (Å²) in [4.78, 5) is 34.5. The number of carbonyl (C=O) groups excluding carboxylic acids is 2. The van der Waals surface area contributed by atoms with Crippen molar-refractivity contribution < 1.29 is 24.0 Å². The summed E-state index contributed by atoms with van der Waals surface area (Å²) in [6, 6.07) is 18.9. The highest BCUT2D eigenvalue weighted by Gasteiger charge is 2.15. The van der Waals surface area contributed by atoms with Crippen molar-refractivity contribution in [2.45, 2.75) is 13.0 Å². The van der Waals surface area contributed by atoms with Crippen LogP contribution < -0.4 is 14.9 Å². The number of amides is 1. The predicted molar refractivity (Wildman–Crippen MR) is 124 cm³/mol. The van der Waals surface area contributed by atoms with E-state index in [1.54, 1.807) is 48.5 Å². The molecular weight excluding hydrogens is 494 g/mol. The molecule has 1 amide bonds. The smallest absolute Gasteiger partial charge is 0.344 e. The monoisotopic (exact) mass is 511 g/mol. The first kappa shape index (κ1) is 23.6. The number of rotatable bonds is 8. The number of nitrogens with one attached hydrogen (secondary N) is 1. The Balaban J connectivity index is 1.50. The molecule has 0 aliphatic rings. The van der Waals surface area contributed by atoms with Crippen LogP contribution in [0.1, 0.15) is 22.8 Å². The summed E-state index contributed by atoms with van der Waals surface area (Å²) in [6.07, 6.45) is 0.554. The molecule has 0 aliphatic carbocycles. The van der Waals surface area contributed by atoms with Crippen LogP contribution in [-0.4, -0.2) is 29.1 Å². The minimum atomic E-state index is -0.872. The van der Waals surface area contributed by atoms with Gasteiger partial charge in [-0.05, 0) is 76.9 Å². The molecule has 0 saturated carbocycles. The third kappa shape index (κ3) is 6.71. The van der Waals surface area contributed by atoms with Gasteiger partial charge >= 0.3 is 5.97 Å². The van der Waals surface area contributed by atoms with E-state index in [1.807, 2.05) is 0 Å². The van der Waals surface area contributed by atoms with Gasteiger partial charge in [0.25, 0.3) is 11.6 Å². The van der Waals surface area contributed by atoms with E-state index in [0.717, 1.165) is 0 Å². The summed E-state index contributed by atoms with van der Waals surface area (Å²) in [5.74, 6) is -0.302. The van der Waals surface area contributed by atoms with Crippen LogP contribution in [0.4, 0.5) is 5.69 Å². The molecule has 168 valence electrons. The molecule has 0 saturated heterocycles. The lowest BCUT2D eigenvalue weighted by Crippen LogP contribution is -2.33. The molecule has 0 heterocycles. The molecular formula is C23H18BrN3O6. The molecule has 1 N–H and O–H groups in total. The second-order valence-corrected chi connectivity index (χ2v) is 7.54. The summed E-state index contributed by atoms with van der Waals surface area (Å²) >= 11 is 3.31. The molecule has 0 aromatic heterocycles. The summed E-state index contributed by atoms with van der Waals surface area (Å²) in [6.45, 7) is 1.53. The van der Waals surface area contributed by atoms with Crippen LogP contribution in [0.5, 0.6) is 11.5 Å². The Morgan fingerprint density at radius 1 is 1.03 bits per heavy atom. The molecule has 0 fully saturated rings.